The van der Waals surface area contributed by atoms with E-state index in [0.717, 1.165) is 49.0 Å². The summed E-state index contributed by atoms with van der Waals surface area (Å²) in [4.78, 5) is 15.0. The molecule has 0 amide bonds. The van der Waals surface area contributed by atoms with Crippen LogP contribution in [0.15, 0.2) is 162 Å². The third-order valence-corrected chi connectivity index (χ3v) is 11.0. The van der Waals surface area contributed by atoms with Crippen LogP contribution in [-0.2, 0) is 0 Å². The Hall–Kier alpha value is -6.63. The minimum Gasteiger partial charge on any atom is -0.455 e. The number of rotatable bonds is 4. The number of benzene rings is 7. The third kappa shape index (κ3) is 4.30. The second kappa shape index (κ2) is 10.9. The number of para-hydroxylation sites is 2. The van der Waals surface area contributed by atoms with Gasteiger partial charge in [0.15, 0.2) is 23.1 Å². The zero-order valence-electron chi connectivity index (χ0n) is 27.1. The summed E-state index contributed by atoms with van der Waals surface area (Å²) in [5.41, 5.74) is 8.03. The van der Waals surface area contributed by atoms with Crippen molar-refractivity contribution < 1.29 is 4.42 Å². The summed E-state index contributed by atoms with van der Waals surface area (Å²) < 4.78 is 11.5. The van der Waals surface area contributed by atoms with Crippen molar-refractivity contribution in [1.82, 2.24) is 19.5 Å². The van der Waals surface area contributed by atoms with Crippen LogP contribution in [0.25, 0.3) is 104 Å². The quantitative estimate of drug-likeness (QED) is 0.187. The van der Waals surface area contributed by atoms with Crippen molar-refractivity contribution >= 4 is 75.3 Å². The van der Waals surface area contributed by atoms with Crippen molar-refractivity contribution in [3.8, 4) is 39.9 Å². The molecule has 0 saturated carbocycles. The first-order valence-corrected chi connectivity index (χ1v) is 17.8. The summed E-state index contributed by atoms with van der Waals surface area (Å²) >= 11 is 1.78. The molecule has 7 aromatic carbocycles. The summed E-state index contributed by atoms with van der Waals surface area (Å²) in [5.74, 6) is 1.88. The van der Waals surface area contributed by atoms with Crippen molar-refractivity contribution in [2.45, 2.75) is 0 Å². The molecule has 238 valence electrons. The van der Waals surface area contributed by atoms with Gasteiger partial charge in [0.25, 0.3) is 0 Å². The topological polar surface area (TPSA) is 56.7 Å². The molecule has 11 aromatic rings. The molecule has 0 saturated heterocycles. The highest BCUT2D eigenvalue weighted by Gasteiger charge is 2.21. The van der Waals surface area contributed by atoms with Crippen molar-refractivity contribution in [2.24, 2.45) is 0 Å². The van der Waals surface area contributed by atoms with Gasteiger partial charge in [-0.05, 0) is 42.5 Å². The lowest BCUT2D eigenvalue weighted by Gasteiger charge is -2.09. The highest BCUT2D eigenvalue weighted by molar-refractivity contribution is 7.26. The Morgan fingerprint density at radius 3 is 1.76 bits per heavy atom. The maximum Gasteiger partial charge on any atom is 0.164 e. The average Bonchev–Trinajstić information content (AvgIpc) is 3.88. The van der Waals surface area contributed by atoms with E-state index in [4.69, 9.17) is 19.4 Å². The van der Waals surface area contributed by atoms with E-state index in [-0.39, 0.29) is 0 Å². The fourth-order valence-corrected chi connectivity index (χ4v) is 8.73. The van der Waals surface area contributed by atoms with Gasteiger partial charge in [-0.25, -0.2) is 15.0 Å². The van der Waals surface area contributed by atoms with E-state index in [1.54, 1.807) is 11.3 Å². The molecule has 4 heterocycles. The zero-order chi connectivity index (χ0) is 33.5. The van der Waals surface area contributed by atoms with Crippen LogP contribution in [0.1, 0.15) is 0 Å². The van der Waals surface area contributed by atoms with Crippen molar-refractivity contribution in [2.75, 3.05) is 0 Å². The average molecular weight is 671 g/mol. The van der Waals surface area contributed by atoms with E-state index in [0.29, 0.717) is 17.5 Å². The van der Waals surface area contributed by atoms with Gasteiger partial charge in [-0.1, -0.05) is 115 Å². The lowest BCUT2D eigenvalue weighted by atomic mass is 10.0. The van der Waals surface area contributed by atoms with E-state index in [9.17, 15) is 0 Å². The van der Waals surface area contributed by atoms with Crippen LogP contribution >= 0.6 is 11.3 Å². The van der Waals surface area contributed by atoms with Gasteiger partial charge in [-0.15, -0.1) is 11.3 Å². The molecule has 4 aromatic heterocycles. The normalized spacial score (nSPS) is 11.9. The predicted octanol–water partition coefficient (Wildman–Crippen LogP) is 12.2. The van der Waals surface area contributed by atoms with Crippen LogP contribution in [0.2, 0.25) is 0 Å². The van der Waals surface area contributed by atoms with E-state index in [2.05, 4.69) is 89.5 Å². The molecule has 0 unspecified atom stereocenters. The molecule has 0 aliphatic heterocycles. The Balaban J connectivity index is 1.12. The number of furan rings is 1. The molecule has 51 heavy (non-hydrogen) atoms. The first-order valence-electron chi connectivity index (χ1n) is 16.9. The number of aromatic nitrogens is 4. The van der Waals surface area contributed by atoms with Crippen LogP contribution in [0.3, 0.4) is 0 Å². The number of hydrogen-bond acceptors (Lipinski definition) is 5. The Labute approximate surface area is 295 Å². The SMILES string of the molecule is c1ccc(-c2nc(-c3ccccc3)nc(-c3cccc4oc5c(ccc6c7cc(-n8c9ccccc9c9ccccc98)ccc7sc65)c34)n2)cc1. The summed E-state index contributed by atoms with van der Waals surface area (Å²) in [6.07, 6.45) is 0. The largest absolute Gasteiger partial charge is 0.455 e. The molecule has 0 atom stereocenters. The minimum atomic E-state index is 0.614. The Morgan fingerprint density at radius 1 is 0.471 bits per heavy atom. The van der Waals surface area contributed by atoms with Gasteiger partial charge >= 0.3 is 0 Å². The predicted molar refractivity (Wildman–Crippen MR) is 211 cm³/mol. The molecular weight excluding hydrogens is 645 g/mol. The molecule has 0 fully saturated rings. The second-order valence-electron chi connectivity index (χ2n) is 12.8. The smallest absolute Gasteiger partial charge is 0.164 e. The Bertz CT molecular complexity index is 3030. The number of thiophene rings is 1. The Kier molecular flexibility index (Phi) is 6.05. The van der Waals surface area contributed by atoms with Gasteiger partial charge in [-0.3, -0.25) is 0 Å². The first-order chi connectivity index (χ1) is 25.3. The van der Waals surface area contributed by atoms with Gasteiger partial charge in [-0.2, -0.15) is 0 Å². The van der Waals surface area contributed by atoms with Crippen LogP contribution in [-0.4, -0.2) is 19.5 Å². The van der Waals surface area contributed by atoms with Crippen LogP contribution in [0, 0.1) is 0 Å². The van der Waals surface area contributed by atoms with E-state index in [1.807, 2.05) is 72.8 Å². The van der Waals surface area contributed by atoms with Crippen LogP contribution < -0.4 is 0 Å². The second-order valence-corrected chi connectivity index (χ2v) is 13.8. The van der Waals surface area contributed by atoms with Gasteiger partial charge < -0.3 is 8.98 Å². The van der Waals surface area contributed by atoms with E-state index in [1.165, 1.54) is 37.3 Å². The van der Waals surface area contributed by atoms with Gasteiger partial charge in [0.1, 0.15) is 5.58 Å². The third-order valence-electron chi connectivity index (χ3n) is 9.86. The minimum absolute atomic E-state index is 0.614. The molecule has 0 spiro atoms. The molecule has 11 rings (SSSR count). The fraction of sp³-hybridized carbons (Fsp3) is 0. The molecular formula is C45H26N4OS. The summed E-state index contributed by atoms with van der Waals surface area (Å²) in [7, 11) is 0. The van der Waals surface area contributed by atoms with Gasteiger partial charge in [0, 0.05) is 59.4 Å². The van der Waals surface area contributed by atoms with Crippen molar-refractivity contribution in [1.29, 1.82) is 0 Å². The monoisotopic (exact) mass is 670 g/mol. The molecule has 0 N–H and O–H groups in total. The molecule has 6 heteroatoms. The Morgan fingerprint density at radius 2 is 1.08 bits per heavy atom. The van der Waals surface area contributed by atoms with Gasteiger partial charge in [0.2, 0.25) is 0 Å². The van der Waals surface area contributed by atoms with Gasteiger partial charge in [0.05, 0.1) is 15.7 Å². The molecule has 0 aliphatic carbocycles. The summed E-state index contributed by atoms with van der Waals surface area (Å²) in [5, 5.41) is 6.96. The number of hydrogen-bond donors (Lipinski definition) is 0. The zero-order valence-corrected chi connectivity index (χ0v) is 27.9. The van der Waals surface area contributed by atoms with Crippen LogP contribution in [0.4, 0.5) is 0 Å². The fourth-order valence-electron chi connectivity index (χ4n) is 7.56. The highest BCUT2D eigenvalue weighted by atomic mass is 32.1. The maximum atomic E-state index is 6.74. The molecule has 5 nitrogen and oxygen atoms in total. The maximum absolute atomic E-state index is 6.74. The lowest BCUT2D eigenvalue weighted by molar-refractivity contribution is 0.673. The van der Waals surface area contributed by atoms with Crippen molar-refractivity contribution in [3.63, 3.8) is 0 Å². The highest BCUT2D eigenvalue weighted by Crippen LogP contribution is 2.45. The number of nitrogens with zero attached hydrogens (tertiary/aromatic N) is 4. The molecule has 0 radical (unpaired) electrons. The van der Waals surface area contributed by atoms with E-state index >= 15 is 0 Å². The summed E-state index contributed by atoms with van der Waals surface area (Å²) in [6.45, 7) is 0. The standard InChI is InChI=1S/C45H26N4OS/c1-3-12-27(13-4-1)43-46-44(28-14-5-2-6-15-28)48-45(47-43)34-18-11-21-38-40(34)33-24-23-32-35-26-29(22-25-39(35)51-42(32)41(33)50-38)49-36-19-9-7-16-30(36)31-17-8-10-20-37(31)49/h1-26H. The molecule has 0 aliphatic rings. The van der Waals surface area contributed by atoms with Crippen molar-refractivity contribution in [3.05, 3.63) is 158 Å². The first kappa shape index (κ1) is 28.2. The molecule has 0 bridgehead atoms. The number of fused-ring (bicyclic) bond motifs is 10. The summed E-state index contributed by atoms with van der Waals surface area (Å²) in [6, 6.07) is 54.9. The lowest BCUT2D eigenvalue weighted by Crippen LogP contribution is -2.00. The van der Waals surface area contributed by atoms with E-state index < -0.39 is 0 Å². The van der Waals surface area contributed by atoms with Crippen LogP contribution in [0.5, 0.6) is 0 Å².